The van der Waals surface area contributed by atoms with Crippen molar-refractivity contribution < 1.29 is 9.90 Å². The van der Waals surface area contributed by atoms with Crippen LogP contribution in [0, 0.1) is 13.8 Å². The van der Waals surface area contributed by atoms with Gasteiger partial charge < -0.3 is 5.11 Å². The van der Waals surface area contributed by atoms with Gasteiger partial charge in [-0.3, -0.25) is 5.32 Å². The zero-order chi connectivity index (χ0) is 11.8. The van der Waals surface area contributed by atoms with Gasteiger partial charge in [0.2, 0.25) is 0 Å². The van der Waals surface area contributed by atoms with E-state index in [1.54, 1.807) is 0 Å². The third-order valence-corrected chi connectivity index (χ3v) is 3.52. The summed E-state index contributed by atoms with van der Waals surface area (Å²) in [6.07, 6.45) is 1.59. The van der Waals surface area contributed by atoms with Crippen molar-refractivity contribution in [3.8, 4) is 0 Å². The van der Waals surface area contributed by atoms with E-state index in [4.69, 9.17) is 0 Å². The molecule has 1 fully saturated rings. The Morgan fingerprint density at radius 2 is 2.12 bits per heavy atom. The summed E-state index contributed by atoms with van der Waals surface area (Å²) < 4.78 is 0. The summed E-state index contributed by atoms with van der Waals surface area (Å²) in [6.45, 7) is 4.83. The Kier molecular flexibility index (Phi) is 2.72. The largest absolute Gasteiger partial charge is 0.480 e. The van der Waals surface area contributed by atoms with Crippen molar-refractivity contribution in [2.45, 2.75) is 32.2 Å². The minimum Gasteiger partial charge on any atom is -0.480 e. The van der Waals surface area contributed by atoms with Crippen LogP contribution in [0.15, 0.2) is 18.2 Å². The Hall–Kier alpha value is -1.35. The summed E-state index contributed by atoms with van der Waals surface area (Å²) in [7, 11) is 0. The smallest absolute Gasteiger partial charge is 0.328 e. The second-order valence-electron chi connectivity index (χ2n) is 4.54. The number of aryl methyl sites for hydroxylation is 2. The van der Waals surface area contributed by atoms with Gasteiger partial charge in [-0.2, -0.15) is 0 Å². The molecule has 0 aliphatic carbocycles. The molecular formula is C13H17NO2. The molecule has 16 heavy (non-hydrogen) atoms. The highest BCUT2D eigenvalue weighted by molar-refractivity contribution is 5.81. The predicted octanol–water partition coefficient (Wildman–Crippen LogP) is 1.97. The van der Waals surface area contributed by atoms with Crippen LogP contribution >= 0.6 is 0 Å². The Labute approximate surface area is 95.5 Å². The van der Waals surface area contributed by atoms with Crippen LogP contribution in [0.2, 0.25) is 0 Å². The van der Waals surface area contributed by atoms with Gasteiger partial charge in [-0.05, 0) is 49.9 Å². The first-order valence-electron chi connectivity index (χ1n) is 5.62. The zero-order valence-corrected chi connectivity index (χ0v) is 9.71. The maximum Gasteiger partial charge on any atom is 0.328 e. The van der Waals surface area contributed by atoms with Crippen LogP contribution in [0.1, 0.15) is 29.5 Å². The van der Waals surface area contributed by atoms with Crippen LogP contribution in [-0.2, 0) is 10.3 Å². The molecule has 0 radical (unpaired) electrons. The van der Waals surface area contributed by atoms with Crippen LogP contribution in [0.4, 0.5) is 0 Å². The lowest BCUT2D eigenvalue weighted by molar-refractivity contribution is -0.144. The van der Waals surface area contributed by atoms with Crippen LogP contribution in [-0.4, -0.2) is 17.6 Å². The lowest BCUT2D eigenvalue weighted by Gasteiger charge is -2.25. The molecule has 1 saturated heterocycles. The summed E-state index contributed by atoms with van der Waals surface area (Å²) in [5, 5.41) is 12.5. The first kappa shape index (κ1) is 11.1. The SMILES string of the molecule is Cc1ccc(C2(C(=O)O)CCCN2)cc1C. The van der Waals surface area contributed by atoms with Gasteiger partial charge in [-0.15, -0.1) is 0 Å². The van der Waals surface area contributed by atoms with Crippen molar-refractivity contribution in [3.63, 3.8) is 0 Å². The zero-order valence-electron chi connectivity index (χ0n) is 9.71. The fourth-order valence-electron chi connectivity index (χ4n) is 2.30. The molecule has 1 heterocycles. The number of carboxylic acids is 1. The van der Waals surface area contributed by atoms with E-state index in [1.807, 2.05) is 32.0 Å². The molecular weight excluding hydrogens is 202 g/mol. The molecule has 2 rings (SSSR count). The van der Waals surface area contributed by atoms with Crippen molar-refractivity contribution in [2.24, 2.45) is 0 Å². The number of aliphatic carboxylic acids is 1. The van der Waals surface area contributed by atoms with E-state index >= 15 is 0 Å². The summed E-state index contributed by atoms with van der Waals surface area (Å²) in [6, 6.07) is 5.91. The van der Waals surface area contributed by atoms with Gasteiger partial charge in [0.05, 0.1) is 0 Å². The molecule has 0 saturated carbocycles. The molecule has 0 aromatic heterocycles. The fraction of sp³-hybridized carbons (Fsp3) is 0.462. The quantitative estimate of drug-likeness (QED) is 0.799. The maximum absolute atomic E-state index is 11.5. The second-order valence-corrected chi connectivity index (χ2v) is 4.54. The van der Waals surface area contributed by atoms with Crippen molar-refractivity contribution in [2.75, 3.05) is 6.54 Å². The Morgan fingerprint density at radius 1 is 1.38 bits per heavy atom. The highest BCUT2D eigenvalue weighted by Gasteiger charge is 2.42. The molecule has 1 aromatic carbocycles. The molecule has 3 nitrogen and oxygen atoms in total. The van der Waals surface area contributed by atoms with Crippen LogP contribution in [0.25, 0.3) is 0 Å². The molecule has 0 spiro atoms. The number of rotatable bonds is 2. The van der Waals surface area contributed by atoms with Gasteiger partial charge in [0.15, 0.2) is 0 Å². The van der Waals surface area contributed by atoms with Gasteiger partial charge in [-0.25, -0.2) is 4.79 Å². The minimum absolute atomic E-state index is 0.671. The Morgan fingerprint density at radius 3 is 2.62 bits per heavy atom. The summed E-state index contributed by atoms with van der Waals surface area (Å²) in [4.78, 5) is 11.5. The first-order valence-corrected chi connectivity index (χ1v) is 5.62. The highest BCUT2D eigenvalue weighted by atomic mass is 16.4. The molecule has 1 aromatic rings. The molecule has 1 atom stereocenters. The van der Waals surface area contributed by atoms with Gasteiger partial charge >= 0.3 is 5.97 Å². The minimum atomic E-state index is -0.863. The molecule has 2 N–H and O–H groups in total. The third-order valence-electron chi connectivity index (χ3n) is 3.52. The first-order chi connectivity index (χ1) is 7.56. The van der Waals surface area contributed by atoms with E-state index in [-0.39, 0.29) is 0 Å². The third kappa shape index (κ3) is 1.61. The fourth-order valence-corrected chi connectivity index (χ4v) is 2.30. The van der Waals surface area contributed by atoms with E-state index < -0.39 is 11.5 Å². The van der Waals surface area contributed by atoms with Crippen molar-refractivity contribution in [3.05, 3.63) is 34.9 Å². The van der Waals surface area contributed by atoms with E-state index in [9.17, 15) is 9.90 Å². The number of hydrogen-bond acceptors (Lipinski definition) is 2. The summed E-state index contributed by atoms with van der Waals surface area (Å²) in [5.41, 5.74) is 2.35. The topological polar surface area (TPSA) is 49.3 Å². The number of hydrogen-bond donors (Lipinski definition) is 2. The monoisotopic (exact) mass is 219 g/mol. The van der Waals surface area contributed by atoms with Crippen LogP contribution in [0.3, 0.4) is 0 Å². The molecule has 3 heteroatoms. The van der Waals surface area contributed by atoms with Crippen molar-refractivity contribution >= 4 is 5.97 Å². The summed E-state index contributed by atoms with van der Waals surface area (Å²) in [5.74, 6) is -0.770. The van der Waals surface area contributed by atoms with Crippen molar-refractivity contribution in [1.29, 1.82) is 0 Å². The van der Waals surface area contributed by atoms with E-state index in [0.717, 1.165) is 24.1 Å². The Bertz CT molecular complexity index is 420. The number of nitrogens with one attached hydrogen (secondary N) is 1. The number of benzene rings is 1. The molecule has 1 aliphatic rings. The maximum atomic E-state index is 11.5. The lowest BCUT2D eigenvalue weighted by Crippen LogP contribution is -2.44. The number of carbonyl (C=O) groups is 1. The van der Waals surface area contributed by atoms with E-state index in [1.165, 1.54) is 5.56 Å². The molecule has 0 amide bonds. The van der Waals surface area contributed by atoms with Crippen molar-refractivity contribution in [1.82, 2.24) is 5.32 Å². The standard InChI is InChI=1S/C13H17NO2/c1-9-4-5-11(8-10(9)2)13(12(15)16)6-3-7-14-13/h4-5,8,14H,3,6-7H2,1-2H3,(H,15,16). The van der Waals surface area contributed by atoms with Gasteiger partial charge in [0, 0.05) is 0 Å². The molecule has 86 valence electrons. The van der Waals surface area contributed by atoms with Gasteiger partial charge in [0.1, 0.15) is 5.54 Å². The van der Waals surface area contributed by atoms with Gasteiger partial charge in [0.25, 0.3) is 0 Å². The predicted molar refractivity (Wildman–Crippen MR) is 62.5 cm³/mol. The molecule has 0 bridgehead atoms. The molecule has 1 aliphatic heterocycles. The average Bonchev–Trinajstić information content (AvgIpc) is 2.72. The average molecular weight is 219 g/mol. The van der Waals surface area contributed by atoms with Crippen LogP contribution in [0.5, 0.6) is 0 Å². The number of carboxylic acid groups (broad SMARTS) is 1. The highest BCUT2D eigenvalue weighted by Crippen LogP contribution is 2.32. The molecule has 1 unspecified atom stereocenters. The van der Waals surface area contributed by atoms with E-state index in [2.05, 4.69) is 5.32 Å². The summed E-state index contributed by atoms with van der Waals surface area (Å²) >= 11 is 0. The Balaban J connectivity index is 2.47. The lowest BCUT2D eigenvalue weighted by atomic mass is 9.87. The normalized spacial score (nSPS) is 24.6. The second kappa shape index (κ2) is 3.91. The van der Waals surface area contributed by atoms with Crippen LogP contribution < -0.4 is 5.32 Å². The van der Waals surface area contributed by atoms with Gasteiger partial charge in [-0.1, -0.05) is 18.2 Å². The van der Waals surface area contributed by atoms with E-state index in [0.29, 0.717) is 6.42 Å².